The van der Waals surface area contributed by atoms with Crippen molar-refractivity contribution in [3.8, 4) is 11.5 Å². The molecular weight excluding hydrogens is 283 g/mol. The fourth-order valence-electron chi connectivity index (χ4n) is 1.17. The van der Waals surface area contributed by atoms with Gasteiger partial charge in [-0.1, -0.05) is 11.6 Å². The number of esters is 2. The summed E-state index contributed by atoms with van der Waals surface area (Å²) in [5, 5.41) is -1.02. The van der Waals surface area contributed by atoms with E-state index in [-0.39, 0.29) is 22.1 Å². The molecule has 0 atom stereocenters. The maximum Gasteiger partial charge on any atom is 0.308 e. The minimum Gasteiger partial charge on any atom is -0.425 e. The number of carbonyl (C=O) groups is 3. The summed E-state index contributed by atoms with van der Waals surface area (Å²) in [5.74, 6) is -1.54. The molecule has 0 aliphatic heterocycles. The molecule has 0 amide bonds. The lowest BCUT2D eigenvalue weighted by Gasteiger charge is -2.11. The Bertz CT molecular complexity index is 524. The number of carbonyl (C=O) groups excluding carboxylic acids is 3. The van der Waals surface area contributed by atoms with E-state index in [1.807, 2.05) is 0 Å². The van der Waals surface area contributed by atoms with Gasteiger partial charge in [-0.05, 0) is 23.7 Å². The Hall–Kier alpha value is -1.59. The van der Waals surface area contributed by atoms with Gasteiger partial charge in [0.05, 0.1) is 5.56 Å². The first-order valence-electron chi connectivity index (χ1n) is 4.72. The fraction of sp³-hybridized carbons (Fsp3) is 0.182. The van der Waals surface area contributed by atoms with E-state index in [2.05, 4.69) is 0 Å². The zero-order valence-corrected chi connectivity index (χ0v) is 11.0. The predicted octanol–water partition coefficient (Wildman–Crippen LogP) is 2.57. The topological polar surface area (TPSA) is 69.7 Å². The van der Waals surface area contributed by atoms with Crippen molar-refractivity contribution in [3.05, 3.63) is 22.7 Å². The van der Waals surface area contributed by atoms with E-state index >= 15 is 0 Å². The molecule has 0 heterocycles. The van der Waals surface area contributed by atoms with Crippen LogP contribution in [0.1, 0.15) is 24.2 Å². The van der Waals surface area contributed by atoms with Crippen LogP contribution in [-0.2, 0) is 9.59 Å². The standard InChI is InChI=1S/C11H8Cl2O5/c1-5(14)17-8-4-3-7(11(13)16)10(9(8)12)18-6(2)15/h3-4H,1-2H3. The number of benzene rings is 1. The van der Waals surface area contributed by atoms with Crippen LogP contribution in [0.25, 0.3) is 0 Å². The van der Waals surface area contributed by atoms with Crippen LogP contribution < -0.4 is 9.47 Å². The lowest BCUT2D eigenvalue weighted by atomic mass is 10.2. The summed E-state index contributed by atoms with van der Waals surface area (Å²) in [5.41, 5.74) is -0.0900. The molecule has 0 bridgehead atoms. The Morgan fingerprint density at radius 1 is 1.06 bits per heavy atom. The molecule has 0 aliphatic rings. The first kappa shape index (κ1) is 14.5. The van der Waals surface area contributed by atoms with Gasteiger partial charge in [0, 0.05) is 13.8 Å². The van der Waals surface area contributed by atoms with Crippen LogP contribution in [0.4, 0.5) is 0 Å². The minimum absolute atomic E-state index is 0.0258. The van der Waals surface area contributed by atoms with Gasteiger partial charge in [0.1, 0.15) is 5.02 Å². The number of halogens is 2. The van der Waals surface area contributed by atoms with Gasteiger partial charge in [-0.3, -0.25) is 14.4 Å². The Kier molecular flexibility index (Phi) is 4.69. The highest BCUT2D eigenvalue weighted by Crippen LogP contribution is 2.38. The highest BCUT2D eigenvalue weighted by Gasteiger charge is 2.20. The molecule has 1 aromatic rings. The molecule has 0 spiro atoms. The summed E-state index contributed by atoms with van der Waals surface area (Å²) in [6, 6.07) is 2.53. The SMILES string of the molecule is CC(=O)Oc1ccc(C(=O)Cl)c(OC(C)=O)c1Cl. The lowest BCUT2D eigenvalue weighted by molar-refractivity contribution is -0.132. The second kappa shape index (κ2) is 5.84. The monoisotopic (exact) mass is 290 g/mol. The zero-order chi connectivity index (χ0) is 13.9. The Labute approximate surface area is 113 Å². The number of hydrogen-bond donors (Lipinski definition) is 0. The largest absolute Gasteiger partial charge is 0.425 e. The molecule has 1 rings (SSSR count). The van der Waals surface area contributed by atoms with Gasteiger partial charge in [0.25, 0.3) is 5.24 Å². The molecule has 7 heteroatoms. The van der Waals surface area contributed by atoms with E-state index < -0.39 is 17.2 Å². The summed E-state index contributed by atoms with van der Waals surface area (Å²) in [6.45, 7) is 2.32. The third kappa shape index (κ3) is 3.45. The molecule has 18 heavy (non-hydrogen) atoms. The number of hydrogen-bond acceptors (Lipinski definition) is 5. The van der Waals surface area contributed by atoms with Gasteiger partial charge >= 0.3 is 11.9 Å². The molecule has 0 aliphatic carbocycles. The van der Waals surface area contributed by atoms with Crippen molar-refractivity contribution in [3.63, 3.8) is 0 Å². The summed E-state index contributed by atoms with van der Waals surface area (Å²) in [6.07, 6.45) is 0. The summed E-state index contributed by atoms with van der Waals surface area (Å²) in [7, 11) is 0. The average Bonchev–Trinajstić information content (AvgIpc) is 2.22. The van der Waals surface area contributed by atoms with Crippen LogP contribution in [0, 0.1) is 0 Å². The Morgan fingerprint density at radius 3 is 2.06 bits per heavy atom. The van der Waals surface area contributed by atoms with Crippen LogP contribution in [-0.4, -0.2) is 17.2 Å². The van der Waals surface area contributed by atoms with E-state index in [0.717, 1.165) is 6.92 Å². The third-order valence-corrected chi connectivity index (χ3v) is 2.33. The molecule has 0 N–H and O–H groups in total. The molecule has 96 valence electrons. The van der Waals surface area contributed by atoms with Crippen molar-refractivity contribution in [2.75, 3.05) is 0 Å². The quantitative estimate of drug-likeness (QED) is 0.486. The maximum absolute atomic E-state index is 11.1. The van der Waals surface area contributed by atoms with Crippen LogP contribution >= 0.6 is 23.2 Å². The van der Waals surface area contributed by atoms with Crippen molar-refractivity contribution in [2.24, 2.45) is 0 Å². The van der Waals surface area contributed by atoms with Crippen molar-refractivity contribution >= 4 is 40.4 Å². The van der Waals surface area contributed by atoms with Crippen molar-refractivity contribution in [1.29, 1.82) is 0 Å². The predicted molar refractivity (Wildman–Crippen MR) is 64.3 cm³/mol. The second-order valence-electron chi connectivity index (χ2n) is 3.22. The van der Waals surface area contributed by atoms with Crippen molar-refractivity contribution in [2.45, 2.75) is 13.8 Å². The number of ether oxygens (including phenoxy) is 2. The van der Waals surface area contributed by atoms with E-state index in [0.29, 0.717) is 0 Å². The van der Waals surface area contributed by atoms with Crippen molar-refractivity contribution < 1.29 is 23.9 Å². The highest BCUT2D eigenvalue weighted by atomic mass is 35.5. The first-order valence-corrected chi connectivity index (χ1v) is 5.47. The van der Waals surface area contributed by atoms with Gasteiger partial charge in [-0.25, -0.2) is 0 Å². The van der Waals surface area contributed by atoms with Crippen LogP contribution in [0.5, 0.6) is 11.5 Å². The molecule has 0 radical (unpaired) electrons. The smallest absolute Gasteiger partial charge is 0.308 e. The van der Waals surface area contributed by atoms with E-state index in [1.165, 1.54) is 19.1 Å². The molecule has 0 fully saturated rings. The van der Waals surface area contributed by atoms with Crippen LogP contribution in [0.15, 0.2) is 12.1 Å². The van der Waals surface area contributed by atoms with Crippen molar-refractivity contribution in [1.82, 2.24) is 0 Å². The van der Waals surface area contributed by atoms with Gasteiger partial charge < -0.3 is 9.47 Å². The Balaban J connectivity index is 3.34. The summed E-state index contributed by atoms with van der Waals surface area (Å²) < 4.78 is 9.58. The molecular formula is C11H8Cl2O5. The second-order valence-corrected chi connectivity index (χ2v) is 3.94. The minimum atomic E-state index is -0.845. The van der Waals surface area contributed by atoms with E-state index in [1.54, 1.807) is 0 Å². The van der Waals surface area contributed by atoms with E-state index in [4.69, 9.17) is 32.7 Å². The molecule has 0 aromatic heterocycles. The third-order valence-electron chi connectivity index (χ3n) is 1.77. The van der Waals surface area contributed by atoms with Gasteiger partial charge in [0.2, 0.25) is 0 Å². The molecule has 1 aromatic carbocycles. The highest BCUT2D eigenvalue weighted by molar-refractivity contribution is 6.68. The normalized spacial score (nSPS) is 9.78. The summed E-state index contributed by atoms with van der Waals surface area (Å²) in [4.78, 5) is 32.9. The zero-order valence-electron chi connectivity index (χ0n) is 9.45. The Morgan fingerprint density at radius 2 is 1.61 bits per heavy atom. The van der Waals surface area contributed by atoms with Gasteiger partial charge in [0.15, 0.2) is 11.5 Å². The molecule has 0 unspecified atom stereocenters. The maximum atomic E-state index is 11.1. The number of rotatable bonds is 3. The molecule has 5 nitrogen and oxygen atoms in total. The lowest BCUT2D eigenvalue weighted by Crippen LogP contribution is -2.08. The average molecular weight is 291 g/mol. The van der Waals surface area contributed by atoms with E-state index in [9.17, 15) is 14.4 Å². The first-order chi connectivity index (χ1) is 8.32. The summed E-state index contributed by atoms with van der Waals surface area (Å²) >= 11 is 11.2. The van der Waals surface area contributed by atoms with Gasteiger partial charge in [-0.15, -0.1) is 0 Å². The fourth-order valence-corrected chi connectivity index (χ4v) is 1.56. The van der Waals surface area contributed by atoms with Gasteiger partial charge in [-0.2, -0.15) is 0 Å². The van der Waals surface area contributed by atoms with Crippen LogP contribution in [0.2, 0.25) is 5.02 Å². The molecule has 0 saturated carbocycles. The molecule has 0 saturated heterocycles. The van der Waals surface area contributed by atoms with Crippen LogP contribution in [0.3, 0.4) is 0 Å².